The summed E-state index contributed by atoms with van der Waals surface area (Å²) >= 11 is 0. The number of hydrogen-bond donors (Lipinski definition) is 1. The topological polar surface area (TPSA) is 101 Å². The van der Waals surface area contributed by atoms with Crippen molar-refractivity contribution in [1.29, 1.82) is 0 Å². The van der Waals surface area contributed by atoms with Crippen molar-refractivity contribution >= 4 is 27.5 Å². The number of benzene rings is 2. The number of nitrogens with one attached hydrogen (secondary N) is 1. The fraction of sp³-hybridized carbons (Fsp3) is 0.452. The lowest BCUT2D eigenvalue weighted by molar-refractivity contribution is -0.145. The third-order valence-electron chi connectivity index (χ3n) is 11.2. The highest BCUT2D eigenvalue weighted by molar-refractivity contribution is 6.02. The SMILES string of the molecule is C#Cc1c(F)ccc2cccc(-c3nc4c5c(nc(OCC67CCCN6CCC7)nc5c3F)N3CCNC[C@H]3CCC4)c12.CC.COc1ccnc(C(F)(F)F)n1. The van der Waals surface area contributed by atoms with Crippen LogP contribution in [0.2, 0.25) is 0 Å². The molecule has 0 aliphatic carbocycles. The van der Waals surface area contributed by atoms with Gasteiger partial charge in [0.1, 0.15) is 29.5 Å². The van der Waals surface area contributed by atoms with E-state index in [9.17, 15) is 17.6 Å². The molecule has 57 heavy (non-hydrogen) atoms. The Bertz CT molecular complexity index is 2290. The number of anilines is 1. The molecule has 3 fully saturated rings. The Morgan fingerprint density at radius 2 is 1.75 bits per heavy atom. The van der Waals surface area contributed by atoms with Crippen LogP contribution in [0, 0.1) is 24.0 Å². The number of terminal acetylenes is 1. The summed E-state index contributed by atoms with van der Waals surface area (Å²) in [6.07, 6.45) is 9.26. The summed E-state index contributed by atoms with van der Waals surface area (Å²) in [5.74, 6) is 0.801. The number of halogens is 5. The molecule has 9 rings (SSSR count). The first-order valence-electron chi connectivity index (χ1n) is 19.5. The van der Waals surface area contributed by atoms with Crippen LogP contribution in [0.1, 0.15) is 69.5 Å². The van der Waals surface area contributed by atoms with Gasteiger partial charge in [-0.3, -0.25) is 4.90 Å². The molecule has 10 nitrogen and oxygen atoms in total. The summed E-state index contributed by atoms with van der Waals surface area (Å²) in [6, 6.07) is 10.1. The average Bonchev–Trinajstić information content (AvgIpc) is 3.82. The standard InChI is InChI=1S/C34H34F2N6O.C6H5F3N2O.C2H6/c1-2-23-25(35)12-11-21-7-3-9-24(27(21)23)30-29(36)31-28-26(38-30)10-4-8-22-19-37-15-18-42(22)32(28)40-33(39-31)43-20-34-13-5-16-41(34)17-6-14-34;1-12-4-2-3-10-5(11-4)6(7,8)9;1-2/h1,3,7,9,11-12,22,37H,4-6,8,10,13-20H2;2-3H,1H3;1-2H3/t22-;;/m1../s1. The van der Waals surface area contributed by atoms with Crippen molar-refractivity contribution in [3.05, 3.63) is 71.3 Å². The van der Waals surface area contributed by atoms with E-state index < -0.39 is 23.6 Å². The van der Waals surface area contributed by atoms with Crippen LogP contribution in [-0.2, 0) is 12.6 Å². The van der Waals surface area contributed by atoms with Gasteiger partial charge in [0.25, 0.3) is 0 Å². The quantitative estimate of drug-likeness (QED) is 0.141. The second-order valence-corrected chi connectivity index (χ2v) is 14.3. The molecule has 2 aromatic carbocycles. The molecule has 0 unspecified atom stereocenters. The maximum absolute atomic E-state index is 16.9. The molecule has 3 aromatic heterocycles. The van der Waals surface area contributed by atoms with E-state index in [0.717, 1.165) is 88.5 Å². The highest BCUT2D eigenvalue weighted by Gasteiger charge is 2.45. The van der Waals surface area contributed by atoms with Crippen molar-refractivity contribution in [1.82, 2.24) is 35.1 Å². The number of ether oxygens (including phenoxy) is 2. The minimum Gasteiger partial charge on any atom is -0.481 e. The van der Waals surface area contributed by atoms with E-state index >= 15 is 4.39 Å². The Morgan fingerprint density at radius 3 is 2.49 bits per heavy atom. The third-order valence-corrected chi connectivity index (χ3v) is 11.2. The van der Waals surface area contributed by atoms with Gasteiger partial charge in [0.15, 0.2) is 5.82 Å². The predicted octanol–water partition coefficient (Wildman–Crippen LogP) is 7.76. The first-order valence-corrected chi connectivity index (χ1v) is 19.5. The van der Waals surface area contributed by atoms with Crippen molar-refractivity contribution in [2.75, 3.05) is 51.3 Å². The Kier molecular flexibility index (Phi) is 11.7. The van der Waals surface area contributed by atoms with Gasteiger partial charge in [-0.25, -0.2) is 18.7 Å². The summed E-state index contributed by atoms with van der Waals surface area (Å²) in [5.41, 5.74) is 1.63. The Balaban J connectivity index is 0.000000304. The highest BCUT2D eigenvalue weighted by atomic mass is 19.4. The summed E-state index contributed by atoms with van der Waals surface area (Å²) in [5, 5.41) is 5.35. The zero-order chi connectivity index (χ0) is 40.3. The maximum Gasteiger partial charge on any atom is 0.451 e. The molecule has 0 saturated carbocycles. The van der Waals surface area contributed by atoms with E-state index in [1.807, 2.05) is 26.0 Å². The lowest BCUT2D eigenvalue weighted by atomic mass is 9.94. The van der Waals surface area contributed by atoms with E-state index in [2.05, 4.69) is 35.7 Å². The zero-order valence-electron chi connectivity index (χ0n) is 32.2. The molecule has 0 amide bonds. The van der Waals surface area contributed by atoms with Gasteiger partial charge in [-0.1, -0.05) is 44.0 Å². The third kappa shape index (κ3) is 7.77. The monoisotopic (exact) mass is 788 g/mol. The van der Waals surface area contributed by atoms with Crippen molar-refractivity contribution in [3.63, 3.8) is 0 Å². The second-order valence-electron chi connectivity index (χ2n) is 14.3. The molecular formula is C42H45F5N8O2. The van der Waals surface area contributed by atoms with Gasteiger partial charge in [-0.05, 0) is 69.5 Å². The van der Waals surface area contributed by atoms with Crippen molar-refractivity contribution in [2.24, 2.45) is 0 Å². The lowest BCUT2D eigenvalue weighted by Crippen LogP contribution is -2.52. The number of fused-ring (bicyclic) bond motifs is 4. The fourth-order valence-electron chi connectivity index (χ4n) is 8.58. The molecular weight excluding hydrogens is 744 g/mol. The number of nitrogens with zero attached hydrogens (tertiary/aromatic N) is 7. The van der Waals surface area contributed by atoms with Gasteiger partial charge in [-0.2, -0.15) is 28.1 Å². The molecule has 5 aromatic rings. The molecule has 0 radical (unpaired) electrons. The number of alkyl halides is 3. The first kappa shape index (κ1) is 40.0. The number of piperazine rings is 1. The molecule has 7 heterocycles. The van der Waals surface area contributed by atoms with Crippen molar-refractivity contribution < 1.29 is 31.4 Å². The summed E-state index contributed by atoms with van der Waals surface area (Å²) in [4.78, 5) is 25.7. The van der Waals surface area contributed by atoms with E-state index in [0.29, 0.717) is 35.2 Å². The van der Waals surface area contributed by atoms with Crippen molar-refractivity contribution in [2.45, 2.75) is 76.6 Å². The Hall–Kier alpha value is -5.20. The van der Waals surface area contributed by atoms with E-state index in [4.69, 9.17) is 26.1 Å². The molecule has 4 aliphatic rings. The van der Waals surface area contributed by atoms with Crippen LogP contribution in [0.3, 0.4) is 0 Å². The maximum atomic E-state index is 16.9. The van der Waals surface area contributed by atoms with Crippen LogP contribution in [-0.4, -0.2) is 87.8 Å². The van der Waals surface area contributed by atoms with Crippen LogP contribution in [0.25, 0.3) is 32.9 Å². The number of rotatable bonds is 5. The number of aromatic nitrogens is 5. The number of methoxy groups -OCH3 is 1. The number of pyridine rings is 1. The van der Waals surface area contributed by atoms with Gasteiger partial charge in [0, 0.05) is 48.9 Å². The van der Waals surface area contributed by atoms with Gasteiger partial charge in [0.2, 0.25) is 11.7 Å². The van der Waals surface area contributed by atoms with Crippen molar-refractivity contribution in [3.8, 4) is 35.5 Å². The Labute approximate surface area is 328 Å². The van der Waals surface area contributed by atoms with Gasteiger partial charge < -0.3 is 19.7 Å². The highest BCUT2D eigenvalue weighted by Crippen LogP contribution is 2.42. The number of hydrogen-bond acceptors (Lipinski definition) is 10. The average molecular weight is 789 g/mol. The summed E-state index contributed by atoms with van der Waals surface area (Å²) < 4.78 is 78.5. The number of aryl methyl sites for hydroxylation is 1. The molecule has 0 spiro atoms. The van der Waals surface area contributed by atoms with E-state index in [-0.39, 0.29) is 40.2 Å². The second kappa shape index (κ2) is 16.7. The zero-order valence-corrected chi connectivity index (χ0v) is 32.2. The molecule has 3 saturated heterocycles. The largest absolute Gasteiger partial charge is 0.481 e. The van der Waals surface area contributed by atoms with Gasteiger partial charge in [0.05, 0.1) is 29.3 Å². The smallest absolute Gasteiger partial charge is 0.451 e. The Morgan fingerprint density at radius 1 is 0.965 bits per heavy atom. The molecule has 15 heteroatoms. The minimum atomic E-state index is -4.52. The van der Waals surface area contributed by atoms with Crippen LogP contribution in [0.15, 0.2) is 42.6 Å². The predicted molar refractivity (Wildman–Crippen MR) is 208 cm³/mol. The molecule has 4 aliphatic heterocycles. The van der Waals surface area contributed by atoms with E-state index in [1.165, 1.54) is 19.2 Å². The summed E-state index contributed by atoms with van der Waals surface area (Å²) in [6.45, 7) is 9.09. The minimum absolute atomic E-state index is 0.00720. The molecule has 1 N–H and O–H groups in total. The molecule has 0 bridgehead atoms. The normalized spacial score (nSPS) is 18.6. The first-order chi connectivity index (χ1) is 27.6. The van der Waals surface area contributed by atoms with Gasteiger partial charge >= 0.3 is 12.2 Å². The van der Waals surface area contributed by atoms with Crippen LogP contribution in [0.5, 0.6) is 11.9 Å². The fourth-order valence-corrected chi connectivity index (χ4v) is 8.58. The van der Waals surface area contributed by atoms with Crippen LogP contribution in [0.4, 0.5) is 27.8 Å². The van der Waals surface area contributed by atoms with Gasteiger partial charge in [-0.15, -0.1) is 6.42 Å². The molecule has 300 valence electrons. The molecule has 1 atom stereocenters. The van der Waals surface area contributed by atoms with E-state index in [1.54, 1.807) is 12.1 Å². The van der Waals surface area contributed by atoms with Crippen LogP contribution < -0.4 is 19.7 Å². The summed E-state index contributed by atoms with van der Waals surface area (Å²) in [7, 11) is 1.24. The lowest BCUT2D eigenvalue weighted by Gasteiger charge is -2.39. The van der Waals surface area contributed by atoms with Crippen LogP contribution >= 0.6 is 0 Å².